The minimum Gasteiger partial charge on any atom is -0.382 e. The van der Waals surface area contributed by atoms with Crippen molar-refractivity contribution < 1.29 is 5.11 Å². The van der Waals surface area contributed by atoms with Crippen LogP contribution >= 0.6 is 0 Å². The lowest BCUT2D eigenvalue weighted by Gasteiger charge is -2.43. The summed E-state index contributed by atoms with van der Waals surface area (Å²) in [6, 6.07) is 33.0. The monoisotopic (exact) mass is 477 g/mol. The molecular formula is C34H39NO. The van der Waals surface area contributed by atoms with Gasteiger partial charge in [-0.2, -0.15) is 0 Å². The molecule has 186 valence electrons. The second-order valence-corrected chi connectivity index (χ2v) is 11.0. The van der Waals surface area contributed by atoms with Gasteiger partial charge in [0.2, 0.25) is 0 Å². The topological polar surface area (TPSA) is 23.5 Å². The number of likely N-dealkylation sites (tertiary alicyclic amines) is 1. The first-order valence-electron chi connectivity index (χ1n) is 13.5. The van der Waals surface area contributed by atoms with Gasteiger partial charge in [-0.1, -0.05) is 122 Å². The molecule has 2 nitrogen and oxygen atoms in total. The van der Waals surface area contributed by atoms with Crippen LogP contribution < -0.4 is 0 Å². The Morgan fingerprint density at radius 3 is 1.56 bits per heavy atom. The lowest BCUT2D eigenvalue weighted by molar-refractivity contribution is 0.143. The average Bonchev–Trinajstić information content (AvgIpc) is 2.93. The van der Waals surface area contributed by atoms with Gasteiger partial charge in [0.15, 0.2) is 0 Å². The maximum absolute atomic E-state index is 10.7. The molecule has 3 aromatic rings. The first kappa shape index (κ1) is 24.7. The minimum atomic E-state index is -0.874. The Balaban J connectivity index is 1.58. The van der Waals surface area contributed by atoms with Crippen molar-refractivity contribution in [3.63, 3.8) is 0 Å². The molecule has 5 rings (SSSR count). The number of hydrogen-bond acceptors (Lipinski definition) is 2. The van der Waals surface area contributed by atoms with E-state index in [9.17, 15) is 5.11 Å². The lowest BCUT2D eigenvalue weighted by atomic mass is 9.63. The van der Waals surface area contributed by atoms with Crippen LogP contribution in [0.1, 0.15) is 55.7 Å². The molecule has 1 N–H and O–H groups in total. The van der Waals surface area contributed by atoms with Crippen molar-refractivity contribution in [2.45, 2.75) is 50.0 Å². The number of rotatable bonds is 8. The van der Waals surface area contributed by atoms with Crippen LogP contribution in [-0.4, -0.2) is 35.2 Å². The van der Waals surface area contributed by atoms with E-state index < -0.39 is 5.60 Å². The van der Waals surface area contributed by atoms with Crippen LogP contribution in [-0.2, 0) is 5.41 Å². The van der Waals surface area contributed by atoms with Crippen molar-refractivity contribution >= 4 is 0 Å². The van der Waals surface area contributed by atoms with E-state index in [4.69, 9.17) is 0 Å². The fourth-order valence-electron chi connectivity index (χ4n) is 6.19. The van der Waals surface area contributed by atoms with E-state index in [1.54, 1.807) is 0 Å². The molecule has 0 radical (unpaired) electrons. The van der Waals surface area contributed by atoms with E-state index in [1.807, 2.05) is 19.1 Å². The van der Waals surface area contributed by atoms with Crippen molar-refractivity contribution in [3.8, 4) is 0 Å². The summed E-state index contributed by atoms with van der Waals surface area (Å²) in [5.41, 5.74) is 2.73. The fraction of sp³-hybridized carbons (Fsp3) is 0.353. The molecule has 1 aliphatic carbocycles. The molecule has 3 aromatic carbocycles. The number of benzene rings is 3. The Morgan fingerprint density at radius 1 is 0.667 bits per heavy atom. The van der Waals surface area contributed by atoms with Gasteiger partial charge in [0.05, 0.1) is 5.60 Å². The summed E-state index contributed by atoms with van der Waals surface area (Å²) >= 11 is 0. The largest absolute Gasteiger partial charge is 0.382 e. The quantitative estimate of drug-likeness (QED) is 0.275. The standard InChI is InChI=1S/C34H39NO/c1-32(36)20-22-33(23-21-32,28-35-26-12-5-13-27-35)24-25-34(29-14-6-2-7-15-29,30-16-8-3-9-17-30)31-18-10-4-11-19-31/h2-4,6-11,14-23,36H,5,12-13,24-28H2,1H3. The molecule has 0 unspecified atom stereocenters. The molecule has 0 saturated carbocycles. The summed E-state index contributed by atoms with van der Waals surface area (Å²) in [5, 5.41) is 10.7. The Hall–Kier alpha value is -2.94. The highest BCUT2D eigenvalue weighted by Crippen LogP contribution is 2.47. The minimum absolute atomic E-state index is 0.108. The second kappa shape index (κ2) is 10.6. The van der Waals surface area contributed by atoms with E-state index >= 15 is 0 Å². The van der Waals surface area contributed by atoms with Crippen LogP contribution in [0.25, 0.3) is 0 Å². The molecule has 0 atom stereocenters. The smallest absolute Gasteiger partial charge is 0.0981 e. The number of aliphatic hydroxyl groups is 1. The average molecular weight is 478 g/mol. The van der Waals surface area contributed by atoms with Gasteiger partial charge in [0.25, 0.3) is 0 Å². The zero-order valence-corrected chi connectivity index (χ0v) is 21.5. The normalized spacial score (nSPS) is 24.6. The summed E-state index contributed by atoms with van der Waals surface area (Å²) in [7, 11) is 0. The zero-order valence-electron chi connectivity index (χ0n) is 21.5. The zero-order chi connectivity index (χ0) is 24.9. The van der Waals surface area contributed by atoms with Gasteiger partial charge >= 0.3 is 0 Å². The maximum Gasteiger partial charge on any atom is 0.0981 e. The van der Waals surface area contributed by atoms with Gasteiger partial charge < -0.3 is 10.0 Å². The fourth-order valence-corrected chi connectivity index (χ4v) is 6.19. The summed E-state index contributed by atoms with van der Waals surface area (Å²) in [4.78, 5) is 2.63. The predicted molar refractivity (Wildman–Crippen MR) is 150 cm³/mol. The third kappa shape index (κ3) is 5.26. The Bertz CT molecular complexity index is 1040. The second-order valence-electron chi connectivity index (χ2n) is 11.0. The van der Waals surface area contributed by atoms with Crippen LogP contribution in [0, 0.1) is 5.41 Å². The third-order valence-corrected chi connectivity index (χ3v) is 8.24. The summed E-state index contributed by atoms with van der Waals surface area (Å²) in [6.45, 7) is 5.21. The van der Waals surface area contributed by atoms with E-state index in [1.165, 1.54) is 49.0 Å². The first-order chi connectivity index (χ1) is 17.5. The van der Waals surface area contributed by atoms with E-state index in [-0.39, 0.29) is 10.8 Å². The molecule has 2 heteroatoms. The lowest BCUT2D eigenvalue weighted by Crippen LogP contribution is -2.42. The van der Waals surface area contributed by atoms with Gasteiger partial charge in [-0.05, 0) is 62.4 Å². The highest BCUT2D eigenvalue weighted by molar-refractivity contribution is 5.50. The Labute approximate surface area is 217 Å². The number of nitrogens with zero attached hydrogens (tertiary/aromatic N) is 1. The van der Waals surface area contributed by atoms with Gasteiger partial charge in [-0.3, -0.25) is 0 Å². The SMILES string of the molecule is CC1(O)C=CC(CCC(c2ccccc2)(c2ccccc2)c2ccccc2)(CN2CCCCC2)C=C1. The van der Waals surface area contributed by atoms with Crippen LogP contribution in [0.3, 0.4) is 0 Å². The molecule has 0 amide bonds. The summed E-state index contributed by atoms with van der Waals surface area (Å²) < 4.78 is 0. The van der Waals surface area contributed by atoms with Gasteiger partial charge in [0.1, 0.15) is 0 Å². The number of piperidine rings is 1. The van der Waals surface area contributed by atoms with Gasteiger partial charge in [0, 0.05) is 17.4 Å². The molecule has 0 spiro atoms. The van der Waals surface area contributed by atoms with Gasteiger partial charge in [-0.15, -0.1) is 0 Å². The van der Waals surface area contributed by atoms with Crippen molar-refractivity contribution in [2.24, 2.45) is 5.41 Å². The van der Waals surface area contributed by atoms with Crippen molar-refractivity contribution in [3.05, 3.63) is 132 Å². The van der Waals surface area contributed by atoms with Crippen LogP contribution in [0.2, 0.25) is 0 Å². The van der Waals surface area contributed by atoms with Crippen molar-refractivity contribution in [1.29, 1.82) is 0 Å². The van der Waals surface area contributed by atoms with E-state index in [0.29, 0.717) is 0 Å². The first-order valence-corrected chi connectivity index (χ1v) is 13.5. The summed E-state index contributed by atoms with van der Waals surface area (Å²) in [6.07, 6.45) is 14.5. The third-order valence-electron chi connectivity index (χ3n) is 8.24. The summed E-state index contributed by atoms with van der Waals surface area (Å²) in [5.74, 6) is 0. The van der Waals surface area contributed by atoms with Crippen LogP contribution in [0.4, 0.5) is 0 Å². The molecule has 0 bridgehead atoms. The van der Waals surface area contributed by atoms with E-state index in [2.05, 4.69) is 108 Å². The molecule has 36 heavy (non-hydrogen) atoms. The maximum atomic E-state index is 10.7. The predicted octanol–water partition coefficient (Wildman–Crippen LogP) is 7.15. The molecule has 1 heterocycles. The molecule has 2 aliphatic rings. The van der Waals surface area contributed by atoms with Crippen molar-refractivity contribution in [2.75, 3.05) is 19.6 Å². The van der Waals surface area contributed by atoms with Gasteiger partial charge in [-0.25, -0.2) is 0 Å². The molecular weight excluding hydrogens is 438 g/mol. The van der Waals surface area contributed by atoms with E-state index in [0.717, 1.165) is 19.4 Å². The Morgan fingerprint density at radius 2 is 1.11 bits per heavy atom. The highest BCUT2D eigenvalue weighted by Gasteiger charge is 2.40. The van der Waals surface area contributed by atoms with Crippen molar-refractivity contribution in [1.82, 2.24) is 4.90 Å². The number of hydrogen-bond donors (Lipinski definition) is 1. The Kier molecular flexibility index (Phi) is 7.27. The molecule has 1 saturated heterocycles. The molecule has 0 aromatic heterocycles. The van der Waals surface area contributed by atoms with Crippen LogP contribution in [0.15, 0.2) is 115 Å². The van der Waals surface area contributed by atoms with Crippen LogP contribution in [0.5, 0.6) is 0 Å². The molecule has 1 fully saturated rings. The highest BCUT2D eigenvalue weighted by atomic mass is 16.3. The molecule has 1 aliphatic heterocycles.